The highest BCUT2D eigenvalue weighted by molar-refractivity contribution is 6.30. The van der Waals surface area contributed by atoms with Crippen LogP contribution in [0.3, 0.4) is 0 Å². The number of aromatic nitrogens is 4. The Morgan fingerprint density at radius 2 is 2.06 bits per heavy atom. The Labute approximate surface area is 187 Å². The van der Waals surface area contributed by atoms with Crippen molar-refractivity contribution in [3.63, 3.8) is 0 Å². The summed E-state index contributed by atoms with van der Waals surface area (Å²) in [6.07, 6.45) is 5.42. The molecular formula is C23H27ClN6O. The number of anilines is 1. The highest BCUT2D eigenvalue weighted by atomic mass is 35.5. The van der Waals surface area contributed by atoms with Crippen LogP contribution in [0.2, 0.25) is 5.02 Å². The van der Waals surface area contributed by atoms with Crippen LogP contribution in [0.1, 0.15) is 40.5 Å². The van der Waals surface area contributed by atoms with Crippen LogP contribution in [0.4, 0.5) is 5.95 Å². The van der Waals surface area contributed by atoms with Gasteiger partial charge in [-0.25, -0.2) is 9.97 Å². The van der Waals surface area contributed by atoms with E-state index in [1.54, 1.807) is 10.9 Å². The predicted molar refractivity (Wildman–Crippen MR) is 123 cm³/mol. The molecule has 1 aliphatic heterocycles. The van der Waals surface area contributed by atoms with Crippen molar-refractivity contribution in [2.45, 2.75) is 25.7 Å². The largest absolute Gasteiger partial charge is 0.347 e. The highest BCUT2D eigenvalue weighted by Crippen LogP contribution is 2.35. The van der Waals surface area contributed by atoms with E-state index in [1.165, 1.54) is 0 Å². The minimum absolute atomic E-state index is 0.0292. The lowest BCUT2D eigenvalue weighted by molar-refractivity contribution is 0.0705. The van der Waals surface area contributed by atoms with Crippen molar-refractivity contribution < 1.29 is 4.79 Å². The quantitative estimate of drug-likeness (QED) is 0.617. The zero-order valence-electron chi connectivity index (χ0n) is 18.3. The lowest BCUT2D eigenvalue weighted by atomic mass is 9.89. The average Bonchev–Trinajstić information content (AvgIpc) is 3.11. The van der Waals surface area contributed by atoms with Crippen molar-refractivity contribution in [3.8, 4) is 11.1 Å². The molecule has 0 aliphatic carbocycles. The van der Waals surface area contributed by atoms with Gasteiger partial charge in [0.25, 0.3) is 5.91 Å². The third kappa shape index (κ3) is 4.28. The summed E-state index contributed by atoms with van der Waals surface area (Å²) in [5.74, 6) is 0.805. The maximum absolute atomic E-state index is 13.2. The van der Waals surface area contributed by atoms with Crippen molar-refractivity contribution in [1.82, 2.24) is 24.6 Å². The van der Waals surface area contributed by atoms with Crippen LogP contribution < -0.4 is 4.90 Å². The van der Waals surface area contributed by atoms with E-state index in [9.17, 15) is 4.79 Å². The number of halogens is 1. The molecule has 31 heavy (non-hydrogen) atoms. The monoisotopic (exact) mass is 438 g/mol. The first-order chi connectivity index (χ1) is 14.8. The van der Waals surface area contributed by atoms with E-state index in [4.69, 9.17) is 16.6 Å². The molecule has 0 radical (unpaired) electrons. The van der Waals surface area contributed by atoms with Crippen molar-refractivity contribution in [2.24, 2.45) is 7.05 Å². The van der Waals surface area contributed by atoms with Gasteiger partial charge in [-0.15, -0.1) is 0 Å². The van der Waals surface area contributed by atoms with Crippen molar-refractivity contribution >= 4 is 23.5 Å². The number of piperidine rings is 1. The maximum Gasteiger partial charge on any atom is 0.257 e. The van der Waals surface area contributed by atoms with Gasteiger partial charge >= 0.3 is 0 Å². The Hall–Kier alpha value is -2.93. The van der Waals surface area contributed by atoms with Gasteiger partial charge in [-0.1, -0.05) is 23.7 Å². The predicted octanol–water partition coefficient (Wildman–Crippen LogP) is 3.92. The van der Waals surface area contributed by atoms with Crippen LogP contribution in [0.5, 0.6) is 0 Å². The summed E-state index contributed by atoms with van der Waals surface area (Å²) >= 11 is 6.25. The Bertz CT molecular complexity index is 1110. The first kappa shape index (κ1) is 21.3. The minimum atomic E-state index is 0.0292. The number of rotatable bonds is 4. The summed E-state index contributed by atoms with van der Waals surface area (Å²) in [5.41, 5.74) is 4.45. The normalized spacial score (nSPS) is 16.4. The number of carbonyl (C=O) groups is 1. The highest BCUT2D eigenvalue weighted by Gasteiger charge is 2.30. The second kappa shape index (κ2) is 8.67. The van der Waals surface area contributed by atoms with Gasteiger partial charge in [0.15, 0.2) is 0 Å². The number of hydrogen-bond acceptors (Lipinski definition) is 5. The fourth-order valence-corrected chi connectivity index (χ4v) is 4.24. The van der Waals surface area contributed by atoms with Crippen LogP contribution >= 0.6 is 11.6 Å². The molecule has 8 heteroatoms. The van der Waals surface area contributed by atoms with Gasteiger partial charge in [0.05, 0.1) is 17.5 Å². The van der Waals surface area contributed by atoms with E-state index in [1.807, 2.05) is 68.3 Å². The number of carbonyl (C=O) groups excluding carboxylic acids is 1. The van der Waals surface area contributed by atoms with E-state index >= 15 is 0 Å². The molecule has 0 saturated carbocycles. The van der Waals surface area contributed by atoms with Gasteiger partial charge in [0.2, 0.25) is 5.95 Å². The second-order valence-electron chi connectivity index (χ2n) is 8.23. The van der Waals surface area contributed by atoms with E-state index in [-0.39, 0.29) is 11.8 Å². The molecule has 4 rings (SSSR count). The number of nitrogens with zero attached hydrogens (tertiary/aromatic N) is 6. The summed E-state index contributed by atoms with van der Waals surface area (Å²) < 4.78 is 1.74. The first-order valence-electron chi connectivity index (χ1n) is 10.4. The summed E-state index contributed by atoms with van der Waals surface area (Å²) in [6.45, 7) is 3.28. The second-order valence-corrected chi connectivity index (χ2v) is 8.67. The zero-order valence-corrected chi connectivity index (χ0v) is 19.1. The SMILES string of the molecule is Cc1c(C(=O)N2CCC[C@H](c3nc(N(C)C)ncc3-c3cccc(Cl)c3)C2)cnn1C. The molecule has 162 valence electrons. The third-order valence-corrected chi connectivity index (χ3v) is 6.14. The molecule has 1 fully saturated rings. The number of hydrogen-bond donors (Lipinski definition) is 0. The summed E-state index contributed by atoms with van der Waals surface area (Å²) in [7, 11) is 5.71. The van der Waals surface area contributed by atoms with Gasteiger partial charge in [-0.2, -0.15) is 5.10 Å². The molecule has 1 amide bonds. The topological polar surface area (TPSA) is 67.2 Å². The van der Waals surface area contributed by atoms with Crippen LogP contribution in [0.25, 0.3) is 11.1 Å². The lowest BCUT2D eigenvalue weighted by Crippen LogP contribution is -2.39. The molecule has 1 aliphatic rings. The van der Waals surface area contributed by atoms with Gasteiger partial charge < -0.3 is 9.80 Å². The van der Waals surface area contributed by atoms with E-state index in [2.05, 4.69) is 10.1 Å². The van der Waals surface area contributed by atoms with Crippen LogP contribution in [-0.4, -0.2) is 57.7 Å². The first-order valence-corrected chi connectivity index (χ1v) is 10.8. The Morgan fingerprint density at radius 3 is 2.74 bits per heavy atom. The molecular weight excluding hydrogens is 412 g/mol. The molecule has 0 bridgehead atoms. The molecule has 0 unspecified atom stereocenters. The van der Waals surface area contributed by atoms with E-state index < -0.39 is 0 Å². The number of benzene rings is 1. The van der Waals surface area contributed by atoms with Gasteiger partial charge in [-0.3, -0.25) is 9.48 Å². The molecule has 1 saturated heterocycles. The standard InChI is InChI=1S/C23H27ClN6O/c1-15-19(13-26-29(15)4)22(31)30-10-6-8-17(14-30)21-20(12-25-23(27-21)28(2)3)16-7-5-9-18(24)11-16/h5,7,9,11-13,17H,6,8,10,14H2,1-4H3/t17-/m0/s1. The van der Waals surface area contributed by atoms with E-state index in [0.717, 1.165) is 41.9 Å². The molecule has 2 aromatic heterocycles. The van der Waals surface area contributed by atoms with Gasteiger partial charge in [-0.05, 0) is 37.5 Å². The Kier molecular flexibility index (Phi) is 5.96. The smallest absolute Gasteiger partial charge is 0.257 e. The molecule has 1 aromatic carbocycles. The number of likely N-dealkylation sites (tertiary alicyclic amines) is 1. The lowest BCUT2D eigenvalue weighted by Gasteiger charge is -2.33. The number of amides is 1. The van der Waals surface area contributed by atoms with Gasteiger partial charge in [0, 0.05) is 62.6 Å². The number of aryl methyl sites for hydroxylation is 1. The fourth-order valence-electron chi connectivity index (χ4n) is 4.05. The maximum atomic E-state index is 13.2. The third-order valence-electron chi connectivity index (χ3n) is 5.90. The summed E-state index contributed by atoms with van der Waals surface area (Å²) in [4.78, 5) is 26.5. The fraction of sp³-hybridized carbons (Fsp3) is 0.391. The molecule has 0 N–H and O–H groups in total. The Morgan fingerprint density at radius 1 is 1.26 bits per heavy atom. The van der Waals surface area contributed by atoms with E-state index in [0.29, 0.717) is 23.1 Å². The molecule has 7 nitrogen and oxygen atoms in total. The molecule has 0 spiro atoms. The molecule has 3 heterocycles. The molecule has 3 aromatic rings. The average molecular weight is 439 g/mol. The van der Waals surface area contributed by atoms with Crippen LogP contribution in [0, 0.1) is 6.92 Å². The Balaban J connectivity index is 1.69. The molecule has 1 atom stereocenters. The van der Waals surface area contributed by atoms with Crippen molar-refractivity contribution in [3.05, 3.63) is 58.6 Å². The zero-order chi connectivity index (χ0) is 22.1. The summed E-state index contributed by atoms with van der Waals surface area (Å²) in [6, 6.07) is 7.75. The van der Waals surface area contributed by atoms with Crippen LogP contribution in [-0.2, 0) is 7.05 Å². The van der Waals surface area contributed by atoms with Gasteiger partial charge in [0.1, 0.15) is 0 Å². The van der Waals surface area contributed by atoms with Crippen molar-refractivity contribution in [1.29, 1.82) is 0 Å². The van der Waals surface area contributed by atoms with Crippen LogP contribution in [0.15, 0.2) is 36.7 Å². The van der Waals surface area contributed by atoms with Crippen molar-refractivity contribution in [2.75, 3.05) is 32.1 Å². The minimum Gasteiger partial charge on any atom is -0.347 e. The summed E-state index contributed by atoms with van der Waals surface area (Å²) in [5, 5.41) is 4.91.